The summed E-state index contributed by atoms with van der Waals surface area (Å²) in [6.07, 6.45) is -0.465. The number of nitrogens with two attached hydrogens (primary N) is 1. The van der Waals surface area contributed by atoms with Crippen LogP contribution < -0.4 is 5.73 Å². The summed E-state index contributed by atoms with van der Waals surface area (Å²) in [6.45, 7) is 4.44. The lowest BCUT2D eigenvalue weighted by Gasteiger charge is -2.19. The molecule has 0 radical (unpaired) electrons. The van der Waals surface area contributed by atoms with E-state index in [1.165, 1.54) is 0 Å². The fourth-order valence-corrected chi connectivity index (χ4v) is 1.88. The molecule has 2 atom stereocenters. The van der Waals surface area contributed by atoms with E-state index < -0.39 is 6.10 Å². The Morgan fingerprint density at radius 2 is 2.14 bits per heavy atom. The van der Waals surface area contributed by atoms with E-state index in [1.807, 2.05) is 32.0 Å². The highest BCUT2D eigenvalue weighted by atomic mass is 79.9. The van der Waals surface area contributed by atoms with E-state index in [1.54, 1.807) is 0 Å². The molecule has 1 aromatic carbocycles. The molecule has 1 aromatic rings. The second kappa shape index (κ2) is 4.91. The maximum absolute atomic E-state index is 9.97. The minimum Gasteiger partial charge on any atom is -0.388 e. The number of halogens is 1. The summed E-state index contributed by atoms with van der Waals surface area (Å²) in [5.74, 6) is 0.0925. The molecule has 0 aliphatic rings. The SMILES string of the molecule is Cc1cc(Br)ccc1C(O)C(C)CN. The quantitative estimate of drug-likeness (QED) is 0.874. The van der Waals surface area contributed by atoms with Crippen LogP contribution in [0, 0.1) is 12.8 Å². The first-order valence-corrected chi connectivity index (χ1v) is 5.49. The normalized spacial score (nSPS) is 15.2. The smallest absolute Gasteiger partial charge is 0.0830 e. The molecule has 0 spiro atoms. The molecule has 3 N–H and O–H groups in total. The Labute approximate surface area is 93.3 Å². The number of aliphatic hydroxyl groups is 1. The van der Waals surface area contributed by atoms with Crippen LogP contribution in [0.1, 0.15) is 24.2 Å². The van der Waals surface area contributed by atoms with Crippen LogP contribution in [-0.2, 0) is 0 Å². The van der Waals surface area contributed by atoms with Crippen LogP contribution >= 0.6 is 15.9 Å². The highest BCUT2D eigenvalue weighted by molar-refractivity contribution is 9.10. The van der Waals surface area contributed by atoms with Gasteiger partial charge in [0.15, 0.2) is 0 Å². The third-order valence-corrected chi connectivity index (χ3v) is 2.95. The van der Waals surface area contributed by atoms with Gasteiger partial charge in [0.05, 0.1) is 6.10 Å². The van der Waals surface area contributed by atoms with Crippen LogP contribution in [0.15, 0.2) is 22.7 Å². The molecule has 0 heterocycles. The van der Waals surface area contributed by atoms with Crippen molar-refractivity contribution in [3.8, 4) is 0 Å². The Morgan fingerprint density at radius 3 is 2.64 bits per heavy atom. The van der Waals surface area contributed by atoms with Crippen molar-refractivity contribution < 1.29 is 5.11 Å². The summed E-state index contributed by atoms with van der Waals surface area (Å²) >= 11 is 3.39. The fourth-order valence-electron chi connectivity index (χ4n) is 1.41. The largest absolute Gasteiger partial charge is 0.388 e. The van der Waals surface area contributed by atoms with Gasteiger partial charge in [-0.2, -0.15) is 0 Å². The van der Waals surface area contributed by atoms with Gasteiger partial charge in [-0.1, -0.05) is 28.9 Å². The highest BCUT2D eigenvalue weighted by Crippen LogP contribution is 2.26. The zero-order valence-electron chi connectivity index (χ0n) is 8.50. The molecule has 2 nitrogen and oxygen atoms in total. The molecular formula is C11H16BrNO. The molecule has 0 saturated heterocycles. The van der Waals surface area contributed by atoms with Gasteiger partial charge in [0.1, 0.15) is 0 Å². The van der Waals surface area contributed by atoms with E-state index in [9.17, 15) is 5.11 Å². The van der Waals surface area contributed by atoms with Crippen LogP contribution in [0.5, 0.6) is 0 Å². The number of hydrogen-bond donors (Lipinski definition) is 2. The molecule has 0 amide bonds. The molecule has 0 aliphatic heterocycles. The molecule has 0 aromatic heterocycles. The highest BCUT2D eigenvalue weighted by Gasteiger charge is 2.16. The minimum absolute atomic E-state index is 0.0925. The Morgan fingerprint density at radius 1 is 1.50 bits per heavy atom. The van der Waals surface area contributed by atoms with Gasteiger partial charge in [-0.05, 0) is 42.6 Å². The predicted octanol–water partition coefficient (Wildman–Crippen LogP) is 2.39. The van der Waals surface area contributed by atoms with Gasteiger partial charge in [-0.3, -0.25) is 0 Å². The predicted molar refractivity (Wildman–Crippen MR) is 62.1 cm³/mol. The summed E-state index contributed by atoms with van der Waals surface area (Å²) in [5.41, 5.74) is 7.58. The van der Waals surface area contributed by atoms with Crippen molar-refractivity contribution in [2.24, 2.45) is 11.7 Å². The third kappa shape index (κ3) is 2.56. The molecule has 0 fully saturated rings. The summed E-state index contributed by atoms with van der Waals surface area (Å²) in [7, 11) is 0. The Balaban J connectivity index is 2.95. The number of benzene rings is 1. The minimum atomic E-state index is -0.465. The summed E-state index contributed by atoms with van der Waals surface area (Å²) in [5, 5.41) is 9.97. The summed E-state index contributed by atoms with van der Waals surface area (Å²) in [4.78, 5) is 0. The molecule has 3 heteroatoms. The number of rotatable bonds is 3. The summed E-state index contributed by atoms with van der Waals surface area (Å²) in [6, 6.07) is 5.88. The van der Waals surface area contributed by atoms with E-state index in [2.05, 4.69) is 15.9 Å². The molecule has 78 valence electrons. The first-order valence-electron chi connectivity index (χ1n) is 4.70. The van der Waals surface area contributed by atoms with E-state index in [0.717, 1.165) is 15.6 Å². The Hall–Kier alpha value is -0.380. The van der Waals surface area contributed by atoms with Gasteiger partial charge in [0, 0.05) is 4.47 Å². The van der Waals surface area contributed by atoms with Crippen molar-refractivity contribution in [1.82, 2.24) is 0 Å². The number of hydrogen-bond acceptors (Lipinski definition) is 2. The van der Waals surface area contributed by atoms with Gasteiger partial charge < -0.3 is 10.8 Å². The van der Waals surface area contributed by atoms with Gasteiger partial charge in [0.25, 0.3) is 0 Å². The van der Waals surface area contributed by atoms with Crippen LogP contribution in [0.25, 0.3) is 0 Å². The molecule has 0 bridgehead atoms. The van der Waals surface area contributed by atoms with Crippen molar-refractivity contribution in [1.29, 1.82) is 0 Å². The van der Waals surface area contributed by atoms with Gasteiger partial charge in [0.2, 0.25) is 0 Å². The first-order chi connectivity index (χ1) is 6.56. The lowest BCUT2D eigenvalue weighted by Crippen LogP contribution is -2.19. The molecule has 2 unspecified atom stereocenters. The standard InChI is InChI=1S/C11H16BrNO/c1-7-5-9(12)3-4-10(7)11(14)8(2)6-13/h3-5,8,11,14H,6,13H2,1-2H3. The molecule has 0 aliphatic carbocycles. The molecule has 0 saturated carbocycles. The van der Waals surface area contributed by atoms with E-state index >= 15 is 0 Å². The Kier molecular flexibility index (Phi) is 4.11. The van der Waals surface area contributed by atoms with Gasteiger partial charge in [-0.15, -0.1) is 0 Å². The lowest BCUT2D eigenvalue weighted by atomic mass is 9.94. The molecule has 1 rings (SSSR count). The van der Waals surface area contributed by atoms with E-state index in [-0.39, 0.29) is 5.92 Å². The molecular weight excluding hydrogens is 242 g/mol. The Bertz CT molecular complexity index is 314. The van der Waals surface area contributed by atoms with Crippen LogP contribution in [-0.4, -0.2) is 11.7 Å². The zero-order chi connectivity index (χ0) is 10.7. The maximum Gasteiger partial charge on any atom is 0.0830 e. The lowest BCUT2D eigenvalue weighted by molar-refractivity contribution is 0.121. The monoisotopic (exact) mass is 257 g/mol. The topological polar surface area (TPSA) is 46.2 Å². The average molecular weight is 258 g/mol. The van der Waals surface area contributed by atoms with Gasteiger partial charge >= 0.3 is 0 Å². The van der Waals surface area contributed by atoms with Gasteiger partial charge in [-0.25, -0.2) is 0 Å². The van der Waals surface area contributed by atoms with E-state index in [4.69, 9.17) is 5.73 Å². The van der Waals surface area contributed by atoms with Crippen molar-refractivity contribution in [2.75, 3.05) is 6.54 Å². The van der Waals surface area contributed by atoms with Crippen LogP contribution in [0.2, 0.25) is 0 Å². The number of aliphatic hydroxyl groups excluding tert-OH is 1. The van der Waals surface area contributed by atoms with Crippen molar-refractivity contribution >= 4 is 15.9 Å². The third-order valence-electron chi connectivity index (χ3n) is 2.46. The van der Waals surface area contributed by atoms with Crippen molar-refractivity contribution in [3.63, 3.8) is 0 Å². The van der Waals surface area contributed by atoms with Crippen molar-refractivity contribution in [3.05, 3.63) is 33.8 Å². The first kappa shape index (κ1) is 11.7. The second-order valence-corrected chi connectivity index (χ2v) is 4.57. The molecule has 14 heavy (non-hydrogen) atoms. The van der Waals surface area contributed by atoms with Crippen LogP contribution in [0.3, 0.4) is 0 Å². The van der Waals surface area contributed by atoms with Crippen molar-refractivity contribution in [2.45, 2.75) is 20.0 Å². The number of aryl methyl sites for hydroxylation is 1. The fraction of sp³-hybridized carbons (Fsp3) is 0.455. The zero-order valence-corrected chi connectivity index (χ0v) is 10.1. The van der Waals surface area contributed by atoms with Crippen LogP contribution in [0.4, 0.5) is 0 Å². The maximum atomic E-state index is 9.97. The second-order valence-electron chi connectivity index (χ2n) is 3.66. The van der Waals surface area contributed by atoms with E-state index in [0.29, 0.717) is 6.54 Å². The summed E-state index contributed by atoms with van der Waals surface area (Å²) < 4.78 is 1.03. The average Bonchev–Trinajstić information content (AvgIpc) is 2.15.